The van der Waals surface area contributed by atoms with Gasteiger partial charge >= 0.3 is 0 Å². The highest BCUT2D eigenvalue weighted by Gasteiger charge is 2.21. The summed E-state index contributed by atoms with van der Waals surface area (Å²) in [5, 5.41) is 5.07. The van der Waals surface area contributed by atoms with Gasteiger partial charge in [0.15, 0.2) is 5.82 Å². The van der Waals surface area contributed by atoms with Gasteiger partial charge in [-0.2, -0.15) is 5.10 Å². The van der Waals surface area contributed by atoms with Gasteiger partial charge in [-0.1, -0.05) is 17.7 Å². The summed E-state index contributed by atoms with van der Waals surface area (Å²) in [6.45, 7) is 6.79. The highest BCUT2D eigenvalue weighted by Crippen LogP contribution is 2.18. The third kappa shape index (κ3) is 4.24. The van der Waals surface area contributed by atoms with Gasteiger partial charge < -0.3 is 9.80 Å². The van der Waals surface area contributed by atoms with E-state index in [0.29, 0.717) is 36.0 Å². The summed E-state index contributed by atoms with van der Waals surface area (Å²) in [5.41, 5.74) is 2.58. The van der Waals surface area contributed by atoms with Crippen LogP contribution in [0.15, 0.2) is 42.7 Å². The number of aryl methyl sites for hydroxylation is 2. The Morgan fingerprint density at radius 2 is 1.86 bits per heavy atom. The lowest BCUT2D eigenvalue weighted by molar-refractivity contribution is 0.0767. The molecule has 0 bridgehead atoms. The molecule has 150 valence electrons. The van der Waals surface area contributed by atoms with Crippen LogP contribution in [-0.2, 0) is 0 Å². The topological polar surface area (TPSA) is 67.2 Å². The Kier molecular flexibility index (Phi) is 5.49. The highest BCUT2D eigenvalue weighted by molar-refractivity contribution is 6.30. The van der Waals surface area contributed by atoms with Gasteiger partial charge in [-0.3, -0.25) is 9.78 Å². The molecule has 7 nitrogen and oxygen atoms in total. The molecular formula is C21H23ClN6O. The SMILES string of the molecule is Cc1cc(C)n(-c2cncc(N3CCCN(C(=O)c4cccc(Cl)c4)CC3)n2)n1. The monoisotopic (exact) mass is 410 g/mol. The van der Waals surface area contributed by atoms with Crippen molar-refractivity contribution in [3.05, 3.63) is 64.7 Å². The molecule has 0 N–H and O–H groups in total. The smallest absolute Gasteiger partial charge is 0.253 e. The predicted molar refractivity (Wildman–Crippen MR) is 113 cm³/mol. The molecule has 1 fully saturated rings. The highest BCUT2D eigenvalue weighted by atomic mass is 35.5. The van der Waals surface area contributed by atoms with Crippen LogP contribution in [0.25, 0.3) is 5.82 Å². The minimum atomic E-state index is 0.0110. The average molecular weight is 411 g/mol. The summed E-state index contributed by atoms with van der Waals surface area (Å²) in [7, 11) is 0. The van der Waals surface area contributed by atoms with E-state index in [1.165, 1.54) is 0 Å². The van der Waals surface area contributed by atoms with Crippen LogP contribution in [0, 0.1) is 13.8 Å². The largest absolute Gasteiger partial charge is 0.353 e. The van der Waals surface area contributed by atoms with Crippen molar-refractivity contribution in [2.75, 3.05) is 31.1 Å². The first-order valence-electron chi connectivity index (χ1n) is 9.67. The normalized spacial score (nSPS) is 14.7. The van der Waals surface area contributed by atoms with Crippen molar-refractivity contribution in [1.82, 2.24) is 24.6 Å². The second-order valence-electron chi connectivity index (χ2n) is 7.22. The van der Waals surface area contributed by atoms with Gasteiger partial charge in [0.05, 0.1) is 18.1 Å². The molecule has 0 radical (unpaired) electrons. The van der Waals surface area contributed by atoms with Crippen LogP contribution in [0.4, 0.5) is 5.82 Å². The number of hydrogen-bond acceptors (Lipinski definition) is 5. The fourth-order valence-electron chi connectivity index (χ4n) is 3.61. The van der Waals surface area contributed by atoms with E-state index in [2.05, 4.69) is 15.0 Å². The van der Waals surface area contributed by atoms with Crippen LogP contribution < -0.4 is 4.90 Å². The maximum atomic E-state index is 12.8. The number of hydrogen-bond donors (Lipinski definition) is 0. The summed E-state index contributed by atoms with van der Waals surface area (Å²) in [4.78, 5) is 26.0. The maximum Gasteiger partial charge on any atom is 0.253 e. The number of rotatable bonds is 3. The first kappa shape index (κ1) is 19.4. The zero-order valence-electron chi connectivity index (χ0n) is 16.5. The van der Waals surface area contributed by atoms with Gasteiger partial charge in [0.1, 0.15) is 5.82 Å². The molecule has 0 unspecified atom stereocenters. The fraction of sp³-hybridized carbons (Fsp3) is 0.333. The van der Waals surface area contributed by atoms with Crippen molar-refractivity contribution in [3.63, 3.8) is 0 Å². The fourth-order valence-corrected chi connectivity index (χ4v) is 3.80. The Morgan fingerprint density at radius 1 is 1.03 bits per heavy atom. The molecule has 0 spiro atoms. The van der Waals surface area contributed by atoms with Crippen molar-refractivity contribution in [1.29, 1.82) is 0 Å². The lowest BCUT2D eigenvalue weighted by Gasteiger charge is -2.23. The third-order valence-electron chi connectivity index (χ3n) is 5.01. The Bertz CT molecular complexity index is 1030. The first-order valence-corrected chi connectivity index (χ1v) is 10.0. The van der Waals surface area contributed by atoms with E-state index in [-0.39, 0.29) is 5.91 Å². The molecule has 8 heteroatoms. The van der Waals surface area contributed by atoms with E-state index in [1.807, 2.05) is 24.8 Å². The van der Waals surface area contributed by atoms with Crippen LogP contribution >= 0.6 is 11.6 Å². The molecule has 4 rings (SSSR count). The number of amides is 1. The van der Waals surface area contributed by atoms with Gasteiger partial charge in [-0.25, -0.2) is 9.67 Å². The molecule has 0 atom stereocenters. The van der Waals surface area contributed by atoms with Crippen molar-refractivity contribution in [2.45, 2.75) is 20.3 Å². The summed E-state index contributed by atoms with van der Waals surface area (Å²) < 4.78 is 1.80. The first-order chi connectivity index (χ1) is 14.0. The van der Waals surface area contributed by atoms with Crippen molar-refractivity contribution < 1.29 is 4.79 Å². The van der Waals surface area contributed by atoms with Crippen molar-refractivity contribution in [2.24, 2.45) is 0 Å². The van der Waals surface area contributed by atoms with E-state index < -0.39 is 0 Å². The molecule has 1 aromatic carbocycles. The molecule has 29 heavy (non-hydrogen) atoms. The zero-order chi connectivity index (χ0) is 20.4. The quantitative estimate of drug-likeness (QED) is 0.662. The number of anilines is 1. The lowest BCUT2D eigenvalue weighted by Crippen LogP contribution is -2.35. The van der Waals surface area contributed by atoms with Gasteiger partial charge in [-0.05, 0) is 44.5 Å². The van der Waals surface area contributed by atoms with E-state index in [4.69, 9.17) is 16.6 Å². The maximum absolute atomic E-state index is 12.8. The Labute approximate surface area is 174 Å². The molecule has 3 aromatic rings. The molecule has 1 aliphatic rings. The van der Waals surface area contributed by atoms with Crippen molar-refractivity contribution in [3.8, 4) is 5.82 Å². The number of carbonyl (C=O) groups excluding carboxylic acids is 1. The molecular weight excluding hydrogens is 388 g/mol. The van der Waals surface area contributed by atoms with Crippen molar-refractivity contribution >= 4 is 23.3 Å². The molecule has 0 aliphatic carbocycles. The van der Waals surface area contributed by atoms with Gasteiger partial charge in [0, 0.05) is 42.5 Å². The summed E-state index contributed by atoms with van der Waals surface area (Å²) in [6, 6.07) is 9.12. The van der Waals surface area contributed by atoms with E-state index in [1.54, 1.807) is 41.3 Å². The molecule has 1 amide bonds. The van der Waals surface area contributed by atoms with E-state index in [0.717, 1.165) is 30.2 Å². The number of halogens is 1. The van der Waals surface area contributed by atoms with E-state index >= 15 is 0 Å². The predicted octanol–water partition coefficient (Wildman–Crippen LogP) is 3.29. The van der Waals surface area contributed by atoms with Crippen LogP contribution in [0.5, 0.6) is 0 Å². The Morgan fingerprint density at radius 3 is 2.62 bits per heavy atom. The second kappa shape index (κ2) is 8.21. The molecule has 3 heterocycles. The summed E-state index contributed by atoms with van der Waals surface area (Å²) in [6.07, 6.45) is 4.34. The third-order valence-corrected chi connectivity index (χ3v) is 5.25. The number of aromatic nitrogens is 4. The van der Waals surface area contributed by atoms with E-state index in [9.17, 15) is 4.79 Å². The Hall–Kier alpha value is -2.93. The molecule has 0 saturated carbocycles. The van der Waals surface area contributed by atoms with Crippen LogP contribution in [0.2, 0.25) is 5.02 Å². The zero-order valence-corrected chi connectivity index (χ0v) is 17.3. The molecule has 2 aromatic heterocycles. The lowest BCUT2D eigenvalue weighted by atomic mass is 10.2. The van der Waals surface area contributed by atoms with Crippen LogP contribution in [-0.4, -0.2) is 56.7 Å². The summed E-state index contributed by atoms with van der Waals surface area (Å²) in [5.74, 6) is 1.51. The number of carbonyl (C=O) groups is 1. The number of benzene rings is 1. The van der Waals surface area contributed by atoms with Gasteiger partial charge in [0.2, 0.25) is 0 Å². The van der Waals surface area contributed by atoms with Crippen LogP contribution in [0.3, 0.4) is 0 Å². The van der Waals surface area contributed by atoms with Gasteiger partial charge in [-0.15, -0.1) is 0 Å². The average Bonchev–Trinajstić information content (AvgIpc) is 2.91. The Balaban J connectivity index is 1.49. The number of nitrogens with zero attached hydrogens (tertiary/aromatic N) is 6. The molecule has 1 aliphatic heterocycles. The minimum Gasteiger partial charge on any atom is -0.353 e. The van der Waals surface area contributed by atoms with Gasteiger partial charge in [0.25, 0.3) is 5.91 Å². The van der Waals surface area contributed by atoms with Crippen LogP contribution in [0.1, 0.15) is 28.2 Å². The summed E-state index contributed by atoms with van der Waals surface area (Å²) >= 11 is 6.04. The standard InChI is InChI=1S/C21H23ClN6O/c1-15-11-16(2)28(25-15)20-14-23-13-19(24-20)26-7-4-8-27(10-9-26)21(29)17-5-3-6-18(22)12-17/h3,5-6,11-14H,4,7-10H2,1-2H3. The second-order valence-corrected chi connectivity index (χ2v) is 7.65. The minimum absolute atomic E-state index is 0.0110. The molecule has 1 saturated heterocycles.